The van der Waals surface area contributed by atoms with E-state index in [1.165, 1.54) is 12.3 Å². The number of nitrogens with one attached hydrogen (secondary N) is 1. The second kappa shape index (κ2) is 4.61. The Morgan fingerprint density at radius 1 is 1.35 bits per heavy atom. The Balaban J connectivity index is 2.15. The van der Waals surface area contributed by atoms with Crippen molar-refractivity contribution in [1.29, 1.82) is 0 Å². The molecule has 0 atom stereocenters. The molecule has 20 heavy (non-hydrogen) atoms. The van der Waals surface area contributed by atoms with Gasteiger partial charge in [-0.1, -0.05) is 17.7 Å². The predicted molar refractivity (Wildman–Crippen MR) is 76.0 cm³/mol. The van der Waals surface area contributed by atoms with Crippen molar-refractivity contribution in [3.63, 3.8) is 0 Å². The number of H-pyrrole nitrogens is 1. The third kappa shape index (κ3) is 2.12. The second-order valence-electron chi connectivity index (χ2n) is 4.47. The lowest BCUT2D eigenvalue weighted by Gasteiger charge is -2.01. The lowest BCUT2D eigenvalue weighted by molar-refractivity contribution is 0.0696. The first-order valence-electron chi connectivity index (χ1n) is 5.90. The van der Waals surface area contributed by atoms with Crippen molar-refractivity contribution in [3.8, 4) is 11.4 Å². The van der Waals surface area contributed by atoms with Crippen LogP contribution < -0.4 is 0 Å². The fourth-order valence-electron chi connectivity index (χ4n) is 1.96. The van der Waals surface area contributed by atoms with Gasteiger partial charge in [-0.2, -0.15) is 0 Å². The van der Waals surface area contributed by atoms with Crippen molar-refractivity contribution in [2.45, 2.75) is 6.92 Å². The summed E-state index contributed by atoms with van der Waals surface area (Å²) in [4.78, 5) is 22.3. The topological polar surface area (TPSA) is 78.9 Å². The van der Waals surface area contributed by atoms with Gasteiger partial charge in [0.05, 0.1) is 16.1 Å². The molecular formula is C14H10ClN3O2. The van der Waals surface area contributed by atoms with Crippen LogP contribution in [0, 0.1) is 6.92 Å². The molecule has 1 aromatic carbocycles. The smallest absolute Gasteiger partial charge is 0.337 e. The van der Waals surface area contributed by atoms with Crippen LogP contribution in [0.3, 0.4) is 0 Å². The number of aromatic amines is 1. The number of benzene rings is 1. The summed E-state index contributed by atoms with van der Waals surface area (Å²) in [7, 11) is 0. The summed E-state index contributed by atoms with van der Waals surface area (Å²) in [6.07, 6.45) is 1.28. The molecule has 0 unspecified atom stereocenters. The van der Waals surface area contributed by atoms with Crippen molar-refractivity contribution >= 4 is 28.7 Å². The number of rotatable bonds is 2. The zero-order valence-corrected chi connectivity index (χ0v) is 11.3. The zero-order chi connectivity index (χ0) is 14.3. The maximum atomic E-state index is 10.9. The highest BCUT2D eigenvalue weighted by Gasteiger charge is 2.12. The molecular weight excluding hydrogens is 278 g/mol. The average Bonchev–Trinajstić information content (AvgIpc) is 2.80. The van der Waals surface area contributed by atoms with Crippen LogP contribution in [-0.2, 0) is 0 Å². The average molecular weight is 288 g/mol. The van der Waals surface area contributed by atoms with Gasteiger partial charge in [-0.25, -0.2) is 14.8 Å². The fourth-order valence-corrected chi connectivity index (χ4v) is 2.28. The van der Waals surface area contributed by atoms with Gasteiger partial charge in [0.2, 0.25) is 0 Å². The number of aromatic nitrogens is 3. The van der Waals surface area contributed by atoms with Gasteiger partial charge >= 0.3 is 5.97 Å². The molecule has 5 nitrogen and oxygen atoms in total. The predicted octanol–water partition coefficient (Wildman–Crippen LogP) is 3.28. The Kier molecular flexibility index (Phi) is 2.91. The van der Waals surface area contributed by atoms with Gasteiger partial charge in [0, 0.05) is 11.8 Å². The van der Waals surface area contributed by atoms with Crippen molar-refractivity contribution in [2.75, 3.05) is 0 Å². The van der Waals surface area contributed by atoms with Gasteiger partial charge < -0.3 is 10.1 Å². The number of halogens is 1. The van der Waals surface area contributed by atoms with Crippen LogP contribution in [0.25, 0.3) is 22.6 Å². The van der Waals surface area contributed by atoms with Crippen molar-refractivity contribution < 1.29 is 9.90 Å². The number of carboxylic acid groups (broad SMARTS) is 1. The van der Waals surface area contributed by atoms with Crippen LogP contribution in [0.4, 0.5) is 0 Å². The Bertz CT molecular complexity index is 826. The fraction of sp³-hybridized carbons (Fsp3) is 0.0714. The van der Waals surface area contributed by atoms with Crippen LogP contribution in [0.5, 0.6) is 0 Å². The Labute approximate surface area is 119 Å². The van der Waals surface area contributed by atoms with Gasteiger partial charge in [0.25, 0.3) is 0 Å². The minimum absolute atomic E-state index is 0.114. The van der Waals surface area contributed by atoms with Crippen LogP contribution in [-0.4, -0.2) is 26.0 Å². The van der Waals surface area contributed by atoms with E-state index < -0.39 is 5.97 Å². The zero-order valence-electron chi connectivity index (χ0n) is 10.5. The summed E-state index contributed by atoms with van der Waals surface area (Å²) in [6.45, 7) is 1.95. The molecule has 0 radical (unpaired) electrons. The highest BCUT2D eigenvalue weighted by molar-refractivity contribution is 6.33. The number of pyridine rings is 1. The Morgan fingerprint density at radius 2 is 2.15 bits per heavy atom. The van der Waals surface area contributed by atoms with Gasteiger partial charge in [-0.15, -0.1) is 0 Å². The highest BCUT2D eigenvalue weighted by atomic mass is 35.5. The molecule has 0 spiro atoms. The normalized spacial score (nSPS) is 10.9. The molecule has 0 saturated carbocycles. The van der Waals surface area contributed by atoms with E-state index in [1.54, 1.807) is 0 Å². The molecule has 100 valence electrons. The molecule has 0 amide bonds. The second-order valence-corrected chi connectivity index (χ2v) is 4.88. The third-order valence-electron chi connectivity index (χ3n) is 2.96. The van der Waals surface area contributed by atoms with Crippen molar-refractivity contribution in [3.05, 3.63) is 46.6 Å². The lowest BCUT2D eigenvalue weighted by atomic mass is 10.1. The molecule has 2 aromatic heterocycles. The van der Waals surface area contributed by atoms with E-state index in [2.05, 4.69) is 15.0 Å². The van der Waals surface area contributed by atoms with Crippen LogP contribution in [0.15, 0.2) is 30.5 Å². The number of carboxylic acids is 1. The monoisotopic (exact) mass is 287 g/mol. The maximum Gasteiger partial charge on any atom is 0.337 e. The van der Waals surface area contributed by atoms with Crippen molar-refractivity contribution in [1.82, 2.24) is 15.0 Å². The molecule has 0 aliphatic heterocycles. The largest absolute Gasteiger partial charge is 0.478 e. The first-order chi connectivity index (χ1) is 9.54. The molecule has 0 bridgehead atoms. The van der Waals surface area contributed by atoms with Crippen LogP contribution in [0.1, 0.15) is 15.9 Å². The lowest BCUT2D eigenvalue weighted by Crippen LogP contribution is -1.96. The summed E-state index contributed by atoms with van der Waals surface area (Å²) >= 11 is 6.20. The number of aryl methyl sites for hydroxylation is 1. The minimum Gasteiger partial charge on any atom is -0.478 e. The minimum atomic E-state index is -1.02. The van der Waals surface area contributed by atoms with E-state index in [9.17, 15) is 4.79 Å². The number of carbonyl (C=O) groups is 1. The number of fused-ring (bicyclic) bond motifs is 1. The van der Waals surface area contributed by atoms with Gasteiger partial charge in [-0.3, -0.25) is 0 Å². The summed E-state index contributed by atoms with van der Waals surface area (Å²) < 4.78 is 0. The van der Waals surface area contributed by atoms with E-state index in [1.807, 2.05) is 25.1 Å². The number of hydrogen-bond acceptors (Lipinski definition) is 3. The molecule has 6 heteroatoms. The first kappa shape index (κ1) is 12.6. The third-order valence-corrected chi connectivity index (χ3v) is 3.28. The number of hydrogen-bond donors (Lipinski definition) is 2. The molecule has 0 aliphatic rings. The summed E-state index contributed by atoms with van der Waals surface area (Å²) in [5, 5.41) is 9.53. The number of aromatic carboxylic acids is 1. The van der Waals surface area contributed by atoms with E-state index in [0.29, 0.717) is 22.0 Å². The Morgan fingerprint density at radius 3 is 2.85 bits per heavy atom. The van der Waals surface area contributed by atoms with E-state index in [0.717, 1.165) is 11.1 Å². The maximum absolute atomic E-state index is 10.9. The number of imidazole rings is 1. The van der Waals surface area contributed by atoms with E-state index >= 15 is 0 Å². The standard InChI is InChI=1S/C14H10ClN3O2/c1-7-2-3-9(10(15)4-7)12-17-11-5-8(14(19)20)6-16-13(11)18-12/h2-6H,1H3,(H,19,20)(H,16,17,18). The van der Waals surface area contributed by atoms with Crippen LogP contribution >= 0.6 is 11.6 Å². The molecule has 3 rings (SSSR count). The molecule has 2 heterocycles. The van der Waals surface area contributed by atoms with Gasteiger partial charge in [0.15, 0.2) is 5.65 Å². The van der Waals surface area contributed by atoms with Gasteiger partial charge in [-0.05, 0) is 30.7 Å². The van der Waals surface area contributed by atoms with E-state index in [4.69, 9.17) is 16.7 Å². The molecule has 0 saturated heterocycles. The Hall–Kier alpha value is -2.40. The molecule has 0 fully saturated rings. The van der Waals surface area contributed by atoms with Gasteiger partial charge in [0.1, 0.15) is 5.82 Å². The molecule has 3 aromatic rings. The number of nitrogens with zero attached hydrogens (tertiary/aromatic N) is 2. The summed E-state index contributed by atoms with van der Waals surface area (Å²) in [6, 6.07) is 7.15. The summed E-state index contributed by atoms with van der Waals surface area (Å²) in [5.41, 5.74) is 2.95. The highest BCUT2D eigenvalue weighted by Crippen LogP contribution is 2.28. The summed E-state index contributed by atoms with van der Waals surface area (Å²) in [5.74, 6) is -0.455. The first-order valence-corrected chi connectivity index (χ1v) is 6.28. The quantitative estimate of drug-likeness (QED) is 0.758. The SMILES string of the molecule is Cc1ccc(-c2nc3ncc(C(=O)O)cc3[nH]2)c(Cl)c1. The van der Waals surface area contributed by atoms with Crippen LogP contribution in [0.2, 0.25) is 5.02 Å². The van der Waals surface area contributed by atoms with Crippen molar-refractivity contribution in [2.24, 2.45) is 0 Å². The molecule has 2 N–H and O–H groups in total. The molecule has 0 aliphatic carbocycles. The van der Waals surface area contributed by atoms with E-state index in [-0.39, 0.29) is 5.56 Å².